The van der Waals surface area contributed by atoms with Gasteiger partial charge in [0.05, 0.1) is 36.9 Å². The third-order valence-electron chi connectivity index (χ3n) is 8.38. The molecule has 4 aromatic rings. The molecule has 47 heavy (non-hydrogen) atoms. The van der Waals surface area contributed by atoms with Crippen LogP contribution in [-0.4, -0.2) is 101 Å². The number of nitrogens with two attached hydrogens (primary N) is 1. The topological polar surface area (TPSA) is 186 Å². The molecule has 3 aliphatic heterocycles. The number of methoxy groups -OCH3 is 1. The van der Waals surface area contributed by atoms with E-state index in [-0.39, 0.29) is 17.0 Å². The SMILES string of the molecule is [B]P1(=O)OC[C@H]2O[C@@H](n3cnc4c(N)ncnc43)C(F)[C@H]2OP([B])(=O)OC[C@@]2(C)O[C@@H](n3cnc4cc(C)c(Cl)cc43)[C@@H](OC)C2O1. The number of benzene rings is 1. The first-order valence-electron chi connectivity index (χ1n) is 14.2. The van der Waals surface area contributed by atoms with Gasteiger partial charge in [0.25, 0.3) is 14.9 Å². The Bertz CT molecular complexity index is 1960. The summed E-state index contributed by atoms with van der Waals surface area (Å²) in [7, 11) is 4.45. The van der Waals surface area contributed by atoms with Crippen molar-refractivity contribution in [2.45, 2.75) is 62.5 Å². The molecule has 22 heteroatoms. The minimum atomic E-state index is -4.55. The van der Waals surface area contributed by atoms with Crippen molar-refractivity contribution in [2.75, 3.05) is 26.1 Å². The van der Waals surface area contributed by atoms with Gasteiger partial charge in [0.1, 0.15) is 41.9 Å². The minimum Gasteiger partial charge on any atom is -0.382 e. The van der Waals surface area contributed by atoms with Crippen molar-refractivity contribution in [3.8, 4) is 0 Å². The maximum Gasteiger partial charge on any atom is 0.264 e. The molecule has 0 aliphatic carbocycles. The predicted molar refractivity (Wildman–Crippen MR) is 166 cm³/mol. The Hall–Kier alpha value is -2.43. The molecule has 10 atom stereocenters. The molecule has 3 aromatic heterocycles. The largest absolute Gasteiger partial charge is 0.382 e. The molecule has 6 heterocycles. The zero-order valence-electron chi connectivity index (χ0n) is 25.1. The number of rotatable bonds is 3. The van der Waals surface area contributed by atoms with E-state index >= 15 is 4.39 Å². The number of alkyl halides is 1. The van der Waals surface area contributed by atoms with Crippen LogP contribution in [0.1, 0.15) is 24.9 Å². The lowest BCUT2D eigenvalue weighted by Gasteiger charge is -2.35. The fourth-order valence-corrected chi connectivity index (χ4v) is 8.35. The molecule has 4 unspecified atom stereocenters. The van der Waals surface area contributed by atoms with Gasteiger partial charge in [-0.2, -0.15) is 0 Å². The molecule has 0 bridgehead atoms. The Morgan fingerprint density at radius 2 is 1.83 bits per heavy atom. The summed E-state index contributed by atoms with van der Waals surface area (Å²) in [6, 6.07) is 3.52. The van der Waals surface area contributed by atoms with Gasteiger partial charge in [-0.25, -0.2) is 24.3 Å². The number of fused-ring (bicyclic) bond motifs is 4. The second-order valence-electron chi connectivity index (χ2n) is 11.6. The maximum absolute atomic E-state index is 16.1. The van der Waals surface area contributed by atoms with Gasteiger partial charge in [0.2, 0.25) is 15.1 Å². The Morgan fingerprint density at radius 1 is 1.09 bits per heavy atom. The van der Waals surface area contributed by atoms with E-state index in [2.05, 4.69) is 19.9 Å². The third-order valence-corrected chi connectivity index (χ3v) is 10.8. The number of halogens is 2. The van der Waals surface area contributed by atoms with E-state index in [9.17, 15) is 9.13 Å². The van der Waals surface area contributed by atoms with Crippen molar-refractivity contribution >= 4 is 69.7 Å². The first-order chi connectivity index (χ1) is 22.2. The van der Waals surface area contributed by atoms with Crippen LogP contribution in [0.2, 0.25) is 5.02 Å². The Morgan fingerprint density at radius 3 is 2.60 bits per heavy atom. The number of imidazole rings is 2. The van der Waals surface area contributed by atoms with E-state index in [1.165, 1.54) is 37.6 Å². The summed E-state index contributed by atoms with van der Waals surface area (Å²) in [5.41, 5.74) is 6.69. The van der Waals surface area contributed by atoms with Crippen molar-refractivity contribution in [3.63, 3.8) is 0 Å². The molecule has 2 N–H and O–H groups in total. The lowest BCUT2D eigenvalue weighted by atomic mass is 9.98. The van der Waals surface area contributed by atoms with Gasteiger partial charge >= 0.3 is 0 Å². The Balaban J connectivity index is 1.20. The van der Waals surface area contributed by atoms with Gasteiger partial charge in [0, 0.05) is 12.1 Å². The van der Waals surface area contributed by atoms with Crippen LogP contribution in [0.4, 0.5) is 10.2 Å². The second kappa shape index (κ2) is 11.9. The molecule has 0 amide bonds. The molecule has 0 saturated carbocycles. The van der Waals surface area contributed by atoms with Crippen molar-refractivity contribution in [3.05, 3.63) is 41.7 Å². The summed E-state index contributed by atoms with van der Waals surface area (Å²) in [5.74, 6) is 0.0623. The van der Waals surface area contributed by atoms with Crippen LogP contribution in [0.25, 0.3) is 22.2 Å². The average Bonchev–Trinajstić information content (AvgIpc) is 3.75. The van der Waals surface area contributed by atoms with Crippen molar-refractivity contribution in [1.29, 1.82) is 0 Å². The number of hydrogen-bond acceptors (Lipinski definition) is 14. The van der Waals surface area contributed by atoms with Gasteiger partial charge in [-0.15, -0.1) is 0 Å². The number of aromatic nitrogens is 6. The van der Waals surface area contributed by atoms with Crippen LogP contribution in [0.15, 0.2) is 31.1 Å². The highest BCUT2D eigenvalue weighted by atomic mass is 35.5. The molecule has 3 saturated heterocycles. The molecular formula is C25H27B2ClFN7O9P2. The first-order valence-corrected chi connectivity index (χ1v) is 17.8. The first kappa shape index (κ1) is 33.1. The van der Waals surface area contributed by atoms with Crippen LogP contribution in [0.5, 0.6) is 0 Å². The monoisotopic (exact) mass is 707 g/mol. The lowest BCUT2D eigenvalue weighted by Crippen LogP contribution is -2.46. The molecule has 7 rings (SSSR count). The smallest absolute Gasteiger partial charge is 0.264 e. The quantitative estimate of drug-likeness (QED) is 0.241. The summed E-state index contributed by atoms with van der Waals surface area (Å²) in [6.07, 6.45) is -5.74. The van der Waals surface area contributed by atoms with Gasteiger partial charge < -0.3 is 42.6 Å². The van der Waals surface area contributed by atoms with Crippen LogP contribution in [0.3, 0.4) is 0 Å². The molecule has 246 valence electrons. The van der Waals surface area contributed by atoms with Crippen molar-refractivity contribution in [2.24, 2.45) is 0 Å². The number of nitrogens with zero attached hydrogens (tertiary/aromatic N) is 6. The highest BCUT2D eigenvalue weighted by Gasteiger charge is 2.58. The molecule has 3 aliphatic rings. The molecule has 0 spiro atoms. The Labute approximate surface area is 274 Å². The van der Waals surface area contributed by atoms with Crippen molar-refractivity contribution in [1.82, 2.24) is 29.1 Å². The summed E-state index contributed by atoms with van der Waals surface area (Å²) in [6.45, 7) is 2.18. The summed E-state index contributed by atoms with van der Waals surface area (Å²) in [4.78, 5) is 16.6. The predicted octanol–water partition coefficient (Wildman–Crippen LogP) is 3.33. The van der Waals surface area contributed by atoms with Gasteiger partial charge in [0.15, 0.2) is 30.1 Å². The second-order valence-corrected chi connectivity index (χ2v) is 15.1. The fraction of sp³-hybridized carbons (Fsp3) is 0.520. The van der Waals surface area contributed by atoms with Crippen LogP contribution in [0, 0.1) is 6.92 Å². The van der Waals surface area contributed by atoms with E-state index in [1.807, 2.05) is 6.92 Å². The number of anilines is 1. The van der Waals surface area contributed by atoms with E-state index in [4.69, 9.17) is 64.8 Å². The van der Waals surface area contributed by atoms with Crippen LogP contribution < -0.4 is 5.73 Å². The fourth-order valence-electron chi connectivity index (χ4n) is 6.02. The zero-order chi connectivity index (χ0) is 33.5. The normalized spacial score (nSPS) is 38.2. The van der Waals surface area contributed by atoms with Gasteiger partial charge in [-0.05, 0) is 31.5 Å². The lowest BCUT2D eigenvalue weighted by molar-refractivity contribution is -0.112. The highest BCUT2D eigenvalue weighted by Crippen LogP contribution is 2.56. The summed E-state index contributed by atoms with van der Waals surface area (Å²) in [5, 5.41) is 0.490. The zero-order valence-corrected chi connectivity index (χ0v) is 27.6. The summed E-state index contributed by atoms with van der Waals surface area (Å²) < 4.78 is 86.9. The Kier molecular flexibility index (Phi) is 8.35. The van der Waals surface area contributed by atoms with Crippen molar-refractivity contribution < 1.29 is 45.8 Å². The molecule has 16 nitrogen and oxygen atoms in total. The molecule has 3 fully saturated rings. The molecular weight excluding hydrogens is 680 g/mol. The maximum atomic E-state index is 16.1. The highest BCUT2D eigenvalue weighted by molar-refractivity contribution is 7.79. The molecule has 4 radical (unpaired) electrons. The van der Waals surface area contributed by atoms with E-state index in [0.29, 0.717) is 16.1 Å². The average molecular weight is 708 g/mol. The van der Waals surface area contributed by atoms with Crippen LogP contribution >= 0.6 is 26.5 Å². The van der Waals surface area contributed by atoms with Gasteiger partial charge in [-0.1, -0.05) is 11.6 Å². The summed E-state index contributed by atoms with van der Waals surface area (Å²) >= 11 is 6.40. The number of hydrogen-bond donors (Lipinski definition) is 1. The van der Waals surface area contributed by atoms with E-state index in [1.54, 1.807) is 16.7 Å². The number of aryl methyl sites for hydroxylation is 1. The van der Waals surface area contributed by atoms with E-state index in [0.717, 1.165) is 5.56 Å². The van der Waals surface area contributed by atoms with E-state index < -0.39 is 76.8 Å². The number of ether oxygens (including phenoxy) is 3. The van der Waals surface area contributed by atoms with Gasteiger partial charge in [-0.3, -0.25) is 13.7 Å². The van der Waals surface area contributed by atoms with Crippen LogP contribution in [-0.2, 0) is 41.4 Å². The standard InChI is InChI=1S/C25H27B2ClFN7O9P2/c1-11-4-13-14(5-12(11)28)35(9-33-13)24-19(39-3)20-25(2,43-24)7-41-47(27,38)44-18-15(6-40-46(26,37)45-20)42-23(16(18)29)36-10-34-17-21(30)31-8-32-22(17)36/h4-5,8-10,15-16,18-20,23-24H,6-7H2,1-3H3,(H2,30,31,32)/t15-,16?,18+,19+,20?,23-,24-,25-,46?,47?/m1/s1. The number of nitrogen functional groups attached to an aromatic ring is 1. The molecule has 1 aromatic carbocycles. The third kappa shape index (κ3) is 5.84. The minimum absolute atomic E-state index is 0.0623.